The minimum absolute atomic E-state index is 0.108. The van der Waals surface area contributed by atoms with Crippen LogP contribution in [0.3, 0.4) is 0 Å². The van der Waals surface area contributed by atoms with E-state index in [1.54, 1.807) is 12.1 Å². The Morgan fingerprint density at radius 3 is 2.75 bits per heavy atom. The van der Waals surface area contributed by atoms with Crippen molar-refractivity contribution in [3.8, 4) is 0 Å². The number of hydrogen-bond donors (Lipinski definition) is 0. The van der Waals surface area contributed by atoms with E-state index < -0.39 is 0 Å². The van der Waals surface area contributed by atoms with E-state index in [4.69, 9.17) is 0 Å². The zero-order chi connectivity index (χ0) is 14.1. The molecule has 4 nitrogen and oxygen atoms in total. The first kappa shape index (κ1) is 12.5. The Morgan fingerprint density at radius 1 is 1.15 bits per heavy atom. The van der Waals surface area contributed by atoms with E-state index in [1.165, 1.54) is 11.6 Å². The molecule has 0 unspecified atom stereocenters. The first-order chi connectivity index (χ1) is 9.66. The van der Waals surface area contributed by atoms with E-state index in [2.05, 4.69) is 11.1 Å². The molecule has 2 aromatic rings. The Hall–Kier alpha value is -2.49. The lowest BCUT2D eigenvalue weighted by atomic mass is 9.91. The number of nitro benzene ring substituents is 1. The smallest absolute Gasteiger partial charge is 0.270 e. The molecule has 0 fully saturated rings. The Bertz CT molecular complexity index is 720. The molecule has 0 aliphatic carbocycles. The highest BCUT2D eigenvalue weighted by Gasteiger charge is 2.19. The maximum Gasteiger partial charge on any atom is 0.270 e. The Labute approximate surface area is 116 Å². The number of hydrogen-bond acceptors (Lipinski definition) is 3. The molecule has 100 valence electrons. The fourth-order valence-electron chi connectivity index (χ4n) is 2.55. The molecular weight excluding hydrogens is 252 g/mol. The molecule has 0 spiro atoms. The van der Waals surface area contributed by atoms with Crippen LogP contribution in [0.25, 0.3) is 0 Å². The summed E-state index contributed by atoms with van der Waals surface area (Å²) in [5, 5.41) is 11.0. The molecule has 1 heterocycles. The van der Waals surface area contributed by atoms with Crippen molar-refractivity contribution in [1.82, 2.24) is 0 Å². The number of non-ortho nitro benzene ring substituents is 1. The van der Waals surface area contributed by atoms with Gasteiger partial charge in [0.05, 0.1) is 10.6 Å². The van der Waals surface area contributed by atoms with Crippen molar-refractivity contribution in [2.75, 3.05) is 6.54 Å². The molecule has 1 aliphatic heterocycles. The van der Waals surface area contributed by atoms with Gasteiger partial charge >= 0.3 is 0 Å². The third-order valence-corrected chi connectivity index (χ3v) is 3.61. The summed E-state index contributed by atoms with van der Waals surface area (Å²) < 4.78 is 0. The van der Waals surface area contributed by atoms with Gasteiger partial charge in [-0.2, -0.15) is 0 Å². The third kappa shape index (κ3) is 2.09. The number of aliphatic imine (C=N–C) groups is 1. The second kappa shape index (κ2) is 4.89. The van der Waals surface area contributed by atoms with Gasteiger partial charge in [0.25, 0.3) is 5.69 Å². The molecule has 0 amide bonds. The molecule has 0 bridgehead atoms. The number of nitro groups is 1. The minimum atomic E-state index is -0.363. The zero-order valence-corrected chi connectivity index (χ0v) is 11.2. The van der Waals surface area contributed by atoms with Gasteiger partial charge in [-0.05, 0) is 24.5 Å². The van der Waals surface area contributed by atoms with Gasteiger partial charge in [0, 0.05) is 29.8 Å². The lowest BCUT2D eigenvalue weighted by Crippen LogP contribution is -2.15. The number of rotatable bonds is 2. The van der Waals surface area contributed by atoms with Crippen molar-refractivity contribution in [3.63, 3.8) is 0 Å². The van der Waals surface area contributed by atoms with Crippen LogP contribution in [0.4, 0.5) is 5.69 Å². The van der Waals surface area contributed by atoms with E-state index in [0.717, 1.165) is 35.4 Å². The lowest BCUT2D eigenvalue weighted by Gasteiger charge is -2.18. The minimum Gasteiger partial charge on any atom is -0.284 e. The highest BCUT2D eigenvalue weighted by atomic mass is 16.6. The summed E-state index contributed by atoms with van der Waals surface area (Å²) in [5.41, 5.74) is 5.17. The van der Waals surface area contributed by atoms with Gasteiger partial charge in [-0.15, -0.1) is 0 Å². The van der Waals surface area contributed by atoms with Crippen LogP contribution >= 0.6 is 0 Å². The average molecular weight is 266 g/mol. The Morgan fingerprint density at radius 2 is 1.95 bits per heavy atom. The Kier molecular flexibility index (Phi) is 3.06. The average Bonchev–Trinajstić information content (AvgIpc) is 2.47. The van der Waals surface area contributed by atoms with Crippen LogP contribution in [0, 0.1) is 17.0 Å². The van der Waals surface area contributed by atoms with Gasteiger partial charge in [-0.25, -0.2) is 0 Å². The summed E-state index contributed by atoms with van der Waals surface area (Å²) in [5.74, 6) is 0. The van der Waals surface area contributed by atoms with Crippen LogP contribution in [0.15, 0.2) is 47.5 Å². The summed E-state index contributed by atoms with van der Waals surface area (Å²) in [4.78, 5) is 15.2. The quantitative estimate of drug-likeness (QED) is 0.618. The standard InChI is InChI=1S/C16H14N2O2/c1-11-6-7-13(18(19)20)10-15(11)16-14-5-3-2-4-12(14)8-9-17-16/h2-7,10H,8-9H2,1H3. The summed E-state index contributed by atoms with van der Waals surface area (Å²) >= 11 is 0. The summed E-state index contributed by atoms with van der Waals surface area (Å²) in [7, 11) is 0. The topological polar surface area (TPSA) is 55.5 Å². The zero-order valence-electron chi connectivity index (χ0n) is 11.2. The van der Waals surface area contributed by atoms with Crippen LogP contribution in [0.2, 0.25) is 0 Å². The number of nitrogens with zero attached hydrogens (tertiary/aromatic N) is 2. The first-order valence-corrected chi connectivity index (χ1v) is 6.55. The monoisotopic (exact) mass is 266 g/mol. The van der Waals surface area contributed by atoms with Crippen molar-refractivity contribution in [3.05, 3.63) is 74.8 Å². The predicted molar refractivity (Wildman–Crippen MR) is 78.5 cm³/mol. The van der Waals surface area contributed by atoms with Gasteiger partial charge in [0.2, 0.25) is 0 Å². The molecule has 0 aromatic heterocycles. The van der Waals surface area contributed by atoms with Crippen LogP contribution in [0.5, 0.6) is 0 Å². The van der Waals surface area contributed by atoms with Crippen molar-refractivity contribution >= 4 is 11.4 Å². The molecule has 4 heteroatoms. The van der Waals surface area contributed by atoms with Crippen molar-refractivity contribution < 1.29 is 4.92 Å². The van der Waals surface area contributed by atoms with Gasteiger partial charge in [-0.3, -0.25) is 15.1 Å². The fraction of sp³-hybridized carbons (Fsp3) is 0.188. The van der Waals surface area contributed by atoms with Gasteiger partial charge in [-0.1, -0.05) is 30.3 Å². The second-order valence-corrected chi connectivity index (χ2v) is 4.89. The number of aryl methyl sites for hydroxylation is 1. The van der Waals surface area contributed by atoms with Gasteiger partial charge in [0.15, 0.2) is 0 Å². The van der Waals surface area contributed by atoms with E-state index in [0.29, 0.717) is 0 Å². The summed E-state index contributed by atoms with van der Waals surface area (Å²) in [6.45, 7) is 2.69. The van der Waals surface area contributed by atoms with Gasteiger partial charge < -0.3 is 0 Å². The van der Waals surface area contributed by atoms with Crippen LogP contribution in [0.1, 0.15) is 22.3 Å². The SMILES string of the molecule is Cc1ccc([N+](=O)[O-])cc1C1=NCCc2ccccc21. The first-order valence-electron chi connectivity index (χ1n) is 6.55. The maximum absolute atomic E-state index is 11.0. The van der Waals surface area contributed by atoms with Crippen molar-refractivity contribution in [2.24, 2.45) is 4.99 Å². The summed E-state index contributed by atoms with van der Waals surface area (Å²) in [6, 6.07) is 13.1. The molecule has 0 atom stereocenters. The molecule has 0 saturated heterocycles. The highest BCUT2D eigenvalue weighted by Crippen LogP contribution is 2.25. The molecule has 0 N–H and O–H groups in total. The van der Waals surface area contributed by atoms with Crippen LogP contribution in [-0.2, 0) is 6.42 Å². The highest BCUT2D eigenvalue weighted by molar-refractivity contribution is 6.15. The molecule has 3 rings (SSSR count). The second-order valence-electron chi connectivity index (χ2n) is 4.89. The molecule has 1 aliphatic rings. The lowest BCUT2D eigenvalue weighted by molar-refractivity contribution is -0.384. The van der Waals surface area contributed by atoms with E-state index >= 15 is 0 Å². The van der Waals surface area contributed by atoms with Crippen LogP contribution in [-0.4, -0.2) is 17.2 Å². The Balaban J connectivity index is 2.16. The maximum atomic E-state index is 11.0. The number of fused-ring (bicyclic) bond motifs is 1. The van der Waals surface area contributed by atoms with E-state index in [1.807, 2.05) is 25.1 Å². The predicted octanol–water partition coefficient (Wildman–Crippen LogP) is 3.30. The molecule has 2 aromatic carbocycles. The largest absolute Gasteiger partial charge is 0.284 e. The molecule has 20 heavy (non-hydrogen) atoms. The third-order valence-electron chi connectivity index (χ3n) is 3.61. The summed E-state index contributed by atoms with van der Waals surface area (Å²) in [6.07, 6.45) is 0.924. The molecule has 0 radical (unpaired) electrons. The van der Waals surface area contributed by atoms with E-state index in [-0.39, 0.29) is 10.6 Å². The normalized spacial score (nSPS) is 13.6. The van der Waals surface area contributed by atoms with Gasteiger partial charge in [0.1, 0.15) is 0 Å². The van der Waals surface area contributed by atoms with Crippen molar-refractivity contribution in [1.29, 1.82) is 0 Å². The molecular formula is C16H14N2O2. The fourth-order valence-corrected chi connectivity index (χ4v) is 2.55. The van der Waals surface area contributed by atoms with Crippen molar-refractivity contribution in [2.45, 2.75) is 13.3 Å². The van der Waals surface area contributed by atoms with E-state index in [9.17, 15) is 10.1 Å². The number of benzene rings is 2. The van der Waals surface area contributed by atoms with Crippen LogP contribution < -0.4 is 0 Å². The molecule has 0 saturated carbocycles.